The van der Waals surface area contributed by atoms with E-state index in [9.17, 15) is 19.8 Å². The zero-order valence-electron chi connectivity index (χ0n) is 11.8. The Bertz CT molecular complexity index is 512. The molecule has 2 unspecified atom stereocenters. The molecule has 0 fully saturated rings. The van der Waals surface area contributed by atoms with Crippen LogP contribution in [-0.2, 0) is 20.7 Å². The number of aliphatic carboxylic acids is 1. The number of hydrogen-bond acceptors (Lipinski definition) is 6. The van der Waals surface area contributed by atoms with Crippen LogP contribution < -0.4 is 4.74 Å². The monoisotopic (exact) mass is 298 g/mol. The maximum atomic E-state index is 11.1. The first-order valence-electron chi connectivity index (χ1n) is 6.20. The molecule has 0 aliphatic rings. The van der Waals surface area contributed by atoms with Crippen molar-refractivity contribution in [3.63, 3.8) is 0 Å². The van der Waals surface area contributed by atoms with Gasteiger partial charge in [0.2, 0.25) is 0 Å². The lowest BCUT2D eigenvalue weighted by Crippen LogP contribution is -2.24. The van der Waals surface area contributed by atoms with Crippen molar-refractivity contribution >= 4 is 11.9 Å². The molecule has 0 saturated carbocycles. The molecule has 0 heterocycles. The van der Waals surface area contributed by atoms with Crippen molar-refractivity contribution in [3.05, 3.63) is 29.3 Å². The number of methoxy groups -OCH3 is 2. The van der Waals surface area contributed by atoms with Gasteiger partial charge >= 0.3 is 11.9 Å². The third kappa shape index (κ3) is 4.73. The summed E-state index contributed by atoms with van der Waals surface area (Å²) in [6, 6.07) is 4.49. The second-order valence-electron chi connectivity index (χ2n) is 4.43. The topological polar surface area (TPSA) is 113 Å². The summed E-state index contributed by atoms with van der Waals surface area (Å²) in [5.41, 5.74) is 0.535. The highest BCUT2D eigenvalue weighted by Crippen LogP contribution is 2.27. The molecule has 0 amide bonds. The average molecular weight is 298 g/mol. The van der Waals surface area contributed by atoms with Gasteiger partial charge < -0.3 is 24.8 Å². The molecule has 1 rings (SSSR count). The predicted molar refractivity (Wildman–Crippen MR) is 71.9 cm³/mol. The Morgan fingerprint density at radius 2 is 1.90 bits per heavy atom. The molecule has 2 atom stereocenters. The van der Waals surface area contributed by atoms with E-state index < -0.39 is 30.6 Å². The number of hydrogen-bond donors (Lipinski definition) is 3. The second kappa shape index (κ2) is 7.61. The number of ether oxygens (including phenoxy) is 2. The fourth-order valence-corrected chi connectivity index (χ4v) is 1.87. The number of rotatable bonds is 7. The lowest BCUT2D eigenvalue weighted by atomic mass is 9.95. The first-order valence-corrected chi connectivity index (χ1v) is 6.20. The molecule has 0 aliphatic carbocycles. The molecule has 7 heteroatoms. The molecule has 0 saturated heterocycles. The van der Waals surface area contributed by atoms with Crippen LogP contribution in [-0.4, -0.2) is 47.6 Å². The summed E-state index contributed by atoms with van der Waals surface area (Å²) < 4.78 is 9.43. The summed E-state index contributed by atoms with van der Waals surface area (Å²) in [6.07, 6.45) is -3.55. The normalized spacial score (nSPS) is 13.3. The number of carboxylic acid groups (broad SMARTS) is 1. The van der Waals surface area contributed by atoms with Crippen LogP contribution in [0.3, 0.4) is 0 Å². The minimum Gasteiger partial charge on any atom is -0.497 e. The number of benzene rings is 1. The summed E-state index contributed by atoms with van der Waals surface area (Å²) >= 11 is 0. The van der Waals surface area contributed by atoms with E-state index in [1.165, 1.54) is 26.4 Å². The lowest BCUT2D eigenvalue weighted by molar-refractivity contribution is -0.145. The fraction of sp³-hybridized carbons (Fsp3) is 0.429. The Balaban J connectivity index is 3.06. The van der Waals surface area contributed by atoms with Gasteiger partial charge in [-0.1, -0.05) is 6.07 Å². The minimum atomic E-state index is -1.42. The van der Waals surface area contributed by atoms with E-state index in [1.807, 2.05) is 0 Å². The van der Waals surface area contributed by atoms with E-state index in [0.29, 0.717) is 11.3 Å². The third-order valence-electron chi connectivity index (χ3n) is 2.98. The van der Waals surface area contributed by atoms with Gasteiger partial charge in [-0.05, 0) is 23.3 Å². The van der Waals surface area contributed by atoms with Gasteiger partial charge in [0.15, 0.2) is 0 Å². The molecular formula is C14H18O7. The quantitative estimate of drug-likeness (QED) is 0.619. The van der Waals surface area contributed by atoms with E-state index in [-0.39, 0.29) is 12.0 Å². The van der Waals surface area contributed by atoms with Gasteiger partial charge in [-0.25, -0.2) is 0 Å². The van der Waals surface area contributed by atoms with E-state index >= 15 is 0 Å². The average Bonchev–Trinajstić information content (AvgIpc) is 2.46. The standard InChI is InChI=1S/C14H18O7/c1-20-9-4-3-8(5-12(16)17)10(6-9)14(19)11(15)7-13(18)21-2/h3-4,6,11,14-15,19H,5,7H2,1-2H3,(H,16,17). The highest BCUT2D eigenvalue weighted by Gasteiger charge is 2.25. The number of aliphatic hydroxyl groups excluding tert-OH is 2. The Labute approximate surface area is 121 Å². The van der Waals surface area contributed by atoms with Crippen LogP contribution in [0, 0.1) is 0 Å². The zero-order valence-corrected chi connectivity index (χ0v) is 11.8. The summed E-state index contributed by atoms with van der Waals surface area (Å²) in [4.78, 5) is 22.0. The fourth-order valence-electron chi connectivity index (χ4n) is 1.87. The van der Waals surface area contributed by atoms with E-state index in [2.05, 4.69) is 4.74 Å². The van der Waals surface area contributed by atoms with Crippen molar-refractivity contribution < 1.29 is 34.4 Å². The Morgan fingerprint density at radius 1 is 1.24 bits per heavy atom. The number of carbonyl (C=O) groups excluding carboxylic acids is 1. The third-order valence-corrected chi connectivity index (χ3v) is 2.98. The molecule has 116 valence electrons. The van der Waals surface area contributed by atoms with Crippen LogP contribution in [0.4, 0.5) is 0 Å². The summed E-state index contributed by atoms with van der Waals surface area (Å²) in [7, 11) is 2.59. The van der Waals surface area contributed by atoms with Gasteiger partial charge in [-0.15, -0.1) is 0 Å². The smallest absolute Gasteiger partial charge is 0.308 e. The molecule has 1 aromatic carbocycles. The van der Waals surface area contributed by atoms with Crippen LogP contribution in [0.5, 0.6) is 5.75 Å². The van der Waals surface area contributed by atoms with Crippen LogP contribution in [0.1, 0.15) is 23.7 Å². The number of carboxylic acids is 1. The van der Waals surface area contributed by atoms with Crippen LogP contribution in [0.15, 0.2) is 18.2 Å². The largest absolute Gasteiger partial charge is 0.497 e. The molecule has 7 nitrogen and oxygen atoms in total. The summed E-state index contributed by atoms with van der Waals surface area (Å²) in [5, 5.41) is 28.9. The second-order valence-corrected chi connectivity index (χ2v) is 4.43. The van der Waals surface area contributed by atoms with Gasteiger partial charge in [-0.2, -0.15) is 0 Å². The highest BCUT2D eigenvalue weighted by molar-refractivity contribution is 5.71. The van der Waals surface area contributed by atoms with Gasteiger partial charge in [-0.3, -0.25) is 9.59 Å². The first kappa shape index (κ1) is 16.9. The molecule has 0 radical (unpaired) electrons. The van der Waals surface area contributed by atoms with Crippen molar-refractivity contribution in [2.24, 2.45) is 0 Å². The first-order chi connectivity index (χ1) is 9.88. The van der Waals surface area contributed by atoms with Gasteiger partial charge in [0.25, 0.3) is 0 Å². The Kier molecular flexibility index (Phi) is 6.13. The van der Waals surface area contributed by atoms with Crippen LogP contribution in [0.25, 0.3) is 0 Å². The maximum Gasteiger partial charge on any atom is 0.308 e. The van der Waals surface area contributed by atoms with Crippen molar-refractivity contribution in [1.82, 2.24) is 0 Å². The molecule has 3 N–H and O–H groups in total. The predicted octanol–water partition coefficient (Wildman–Crippen LogP) is 0.280. The van der Waals surface area contributed by atoms with E-state index in [1.54, 1.807) is 6.07 Å². The minimum absolute atomic E-state index is 0.202. The highest BCUT2D eigenvalue weighted by atomic mass is 16.5. The Morgan fingerprint density at radius 3 is 2.43 bits per heavy atom. The van der Waals surface area contributed by atoms with Crippen LogP contribution in [0.2, 0.25) is 0 Å². The van der Waals surface area contributed by atoms with E-state index in [0.717, 1.165) is 0 Å². The SMILES string of the molecule is COC(=O)CC(O)C(O)c1cc(OC)ccc1CC(=O)O. The maximum absolute atomic E-state index is 11.1. The van der Waals surface area contributed by atoms with E-state index in [4.69, 9.17) is 9.84 Å². The number of esters is 1. The number of carbonyl (C=O) groups is 2. The lowest BCUT2D eigenvalue weighted by Gasteiger charge is -2.20. The summed E-state index contributed by atoms with van der Waals surface area (Å²) in [5.74, 6) is -1.34. The molecule has 0 bridgehead atoms. The molecule has 1 aromatic rings. The van der Waals surface area contributed by atoms with Gasteiger partial charge in [0.1, 0.15) is 11.9 Å². The van der Waals surface area contributed by atoms with Gasteiger partial charge in [0, 0.05) is 0 Å². The summed E-state index contributed by atoms with van der Waals surface area (Å²) in [6.45, 7) is 0. The molecule has 0 aromatic heterocycles. The molecule has 21 heavy (non-hydrogen) atoms. The van der Waals surface area contributed by atoms with Crippen molar-refractivity contribution in [3.8, 4) is 5.75 Å². The van der Waals surface area contributed by atoms with Gasteiger partial charge in [0.05, 0.1) is 33.2 Å². The Hall–Kier alpha value is -2.12. The molecule has 0 aliphatic heterocycles. The van der Waals surface area contributed by atoms with Crippen molar-refractivity contribution in [2.45, 2.75) is 25.0 Å². The molecule has 0 spiro atoms. The molecular weight excluding hydrogens is 280 g/mol. The van der Waals surface area contributed by atoms with Crippen LogP contribution >= 0.6 is 0 Å². The van der Waals surface area contributed by atoms with Crippen molar-refractivity contribution in [2.75, 3.05) is 14.2 Å². The van der Waals surface area contributed by atoms with Crippen molar-refractivity contribution in [1.29, 1.82) is 0 Å². The number of aliphatic hydroxyl groups is 2. The zero-order chi connectivity index (χ0) is 16.0.